The van der Waals surface area contributed by atoms with Gasteiger partial charge in [0.2, 0.25) is 23.1 Å². The highest BCUT2D eigenvalue weighted by Gasteiger charge is 2.29. The van der Waals surface area contributed by atoms with Crippen LogP contribution in [0.25, 0.3) is 27.6 Å². The SMILES string of the molecule is O=C1C(=O)c2cccc3cccc1c23.O=C1C=Cc2c(ccc3ccccc23)C1=O. The smallest absolute Gasteiger partial charge is 0.234 e. The van der Waals surface area contributed by atoms with Crippen molar-refractivity contribution in [2.75, 3.05) is 0 Å². The molecular formula is C26H14O4. The second-order valence-corrected chi connectivity index (χ2v) is 7.14. The zero-order valence-corrected chi connectivity index (χ0v) is 15.7. The van der Waals surface area contributed by atoms with Crippen molar-refractivity contribution in [3.63, 3.8) is 0 Å². The number of carbonyl (C=O) groups excluding carboxylic acids is 4. The molecule has 0 N–H and O–H groups in total. The van der Waals surface area contributed by atoms with Crippen molar-refractivity contribution >= 4 is 50.8 Å². The fraction of sp³-hybridized carbons (Fsp3) is 0. The number of allylic oxidation sites excluding steroid dienone is 1. The second-order valence-electron chi connectivity index (χ2n) is 7.14. The first-order chi connectivity index (χ1) is 14.6. The van der Waals surface area contributed by atoms with Crippen molar-refractivity contribution in [2.24, 2.45) is 0 Å². The molecule has 6 rings (SSSR count). The van der Waals surface area contributed by atoms with Gasteiger partial charge in [-0.15, -0.1) is 0 Å². The van der Waals surface area contributed by atoms with Gasteiger partial charge in [0, 0.05) is 22.1 Å². The average molecular weight is 390 g/mol. The summed E-state index contributed by atoms with van der Waals surface area (Å²) < 4.78 is 0. The molecule has 0 saturated heterocycles. The molecule has 0 unspecified atom stereocenters. The largest absolute Gasteiger partial charge is 0.286 e. The molecule has 4 aromatic rings. The van der Waals surface area contributed by atoms with Gasteiger partial charge in [-0.25, -0.2) is 0 Å². The fourth-order valence-corrected chi connectivity index (χ4v) is 4.00. The molecule has 142 valence electrons. The van der Waals surface area contributed by atoms with E-state index in [1.54, 1.807) is 36.4 Å². The maximum atomic E-state index is 11.7. The van der Waals surface area contributed by atoms with E-state index in [2.05, 4.69) is 0 Å². The summed E-state index contributed by atoms with van der Waals surface area (Å²) in [6, 6.07) is 22.3. The summed E-state index contributed by atoms with van der Waals surface area (Å²) in [5, 5.41) is 3.86. The predicted octanol–water partition coefficient (Wildman–Crippen LogP) is 4.84. The first kappa shape index (κ1) is 17.9. The molecule has 2 aliphatic rings. The Morgan fingerprint density at radius 3 is 1.80 bits per heavy atom. The highest BCUT2D eigenvalue weighted by molar-refractivity contribution is 6.57. The first-order valence-corrected chi connectivity index (χ1v) is 9.45. The Morgan fingerprint density at radius 1 is 0.467 bits per heavy atom. The number of Topliss-reactive ketones (excluding diaryl/α,β-unsaturated/α-hetero) is 3. The third-order valence-corrected chi connectivity index (χ3v) is 5.44. The van der Waals surface area contributed by atoms with E-state index in [9.17, 15) is 19.2 Å². The van der Waals surface area contributed by atoms with Crippen LogP contribution in [0.3, 0.4) is 0 Å². The molecule has 4 aromatic carbocycles. The van der Waals surface area contributed by atoms with E-state index in [-0.39, 0.29) is 11.6 Å². The number of ketones is 4. The van der Waals surface area contributed by atoms with Gasteiger partial charge >= 0.3 is 0 Å². The Bertz CT molecular complexity index is 1410. The quantitative estimate of drug-likeness (QED) is 0.403. The molecule has 0 bridgehead atoms. The van der Waals surface area contributed by atoms with E-state index in [4.69, 9.17) is 0 Å². The predicted molar refractivity (Wildman–Crippen MR) is 115 cm³/mol. The number of carbonyl (C=O) groups is 4. The summed E-state index contributed by atoms with van der Waals surface area (Å²) in [5.41, 5.74) is 2.44. The Labute approximate surface area is 171 Å². The third-order valence-electron chi connectivity index (χ3n) is 5.44. The molecule has 0 amide bonds. The van der Waals surface area contributed by atoms with Crippen molar-refractivity contribution in [2.45, 2.75) is 0 Å². The zero-order valence-electron chi connectivity index (χ0n) is 15.7. The molecule has 2 aliphatic carbocycles. The summed E-state index contributed by atoms with van der Waals surface area (Å²) in [5.74, 6) is -1.61. The molecule has 0 atom stereocenters. The summed E-state index contributed by atoms with van der Waals surface area (Å²) in [7, 11) is 0. The van der Waals surface area contributed by atoms with Gasteiger partial charge in [0.05, 0.1) is 0 Å². The number of rotatable bonds is 0. The van der Waals surface area contributed by atoms with Crippen LogP contribution in [-0.4, -0.2) is 23.1 Å². The fourth-order valence-electron chi connectivity index (χ4n) is 4.00. The molecule has 0 radical (unpaired) electrons. The molecule has 0 saturated carbocycles. The van der Waals surface area contributed by atoms with Crippen LogP contribution in [0.2, 0.25) is 0 Å². The minimum absolute atomic E-state index is 0.378. The van der Waals surface area contributed by atoms with Gasteiger partial charge < -0.3 is 0 Å². The second kappa shape index (κ2) is 6.71. The van der Waals surface area contributed by atoms with Crippen molar-refractivity contribution < 1.29 is 19.2 Å². The van der Waals surface area contributed by atoms with Crippen molar-refractivity contribution in [1.82, 2.24) is 0 Å². The number of hydrogen-bond donors (Lipinski definition) is 0. The minimum atomic E-state index is -0.442. The van der Waals surface area contributed by atoms with Crippen LogP contribution < -0.4 is 0 Å². The van der Waals surface area contributed by atoms with Gasteiger partial charge in [0.15, 0.2) is 0 Å². The highest BCUT2D eigenvalue weighted by Crippen LogP contribution is 2.30. The maximum absolute atomic E-state index is 11.7. The van der Waals surface area contributed by atoms with Crippen molar-refractivity contribution in [3.05, 3.63) is 101 Å². The minimum Gasteiger partial charge on any atom is -0.286 e. The summed E-state index contributed by atoms with van der Waals surface area (Å²) in [6.45, 7) is 0. The van der Waals surface area contributed by atoms with Crippen LogP contribution in [0.1, 0.15) is 36.6 Å². The standard InChI is InChI=1S/C14H8O2.C12H6O2/c15-13-8-7-11-10-4-2-1-3-9(10)5-6-12(11)14(13)16;13-11-8-5-1-3-7-4-2-6-9(10(7)8)12(11)14/h1-8H;1-6H. The molecule has 30 heavy (non-hydrogen) atoms. The van der Waals surface area contributed by atoms with E-state index in [1.165, 1.54) is 6.08 Å². The zero-order chi connectivity index (χ0) is 20.8. The van der Waals surface area contributed by atoms with E-state index in [0.717, 1.165) is 27.1 Å². The molecule has 0 heterocycles. The molecule has 0 spiro atoms. The maximum Gasteiger partial charge on any atom is 0.234 e. The lowest BCUT2D eigenvalue weighted by Crippen LogP contribution is -2.16. The lowest BCUT2D eigenvalue weighted by molar-refractivity contribution is -0.110. The number of hydrogen-bond acceptors (Lipinski definition) is 4. The number of fused-ring (bicyclic) bond motifs is 3. The summed E-state index contributed by atoms with van der Waals surface area (Å²) >= 11 is 0. The van der Waals surface area contributed by atoms with Crippen LogP contribution in [-0.2, 0) is 4.79 Å². The monoisotopic (exact) mass is 390 g/mol. The Balaban J connectivity index is 0.000000130. The van der Waals surface area contributed by atoms with Gasteiger partial charge in [-0.1, -0.05) is 66.7 Å². The van der Waals surface area contributed by atoms with E-state index < -0.39 is 11.6 Å². The molecule has 0 aliphatic heterocycles. The topological polar surface area (TPSA) is 68.3 Å². The Morgan fingerprint density at radius 2 is 1.10 bits per heavy atom. The molecular weight excluding hydrogens is 376 g/mol. The normalized spacial score (nSPS) is 14.1. The van der Waals surface area contributed by atoms with E-state index >= 15 is 0 Å². The van der Waals surface area contributed by atoms with Crippen LogP contribution in [0.4, 0.5) is 0 Å². The average Bonchev–Trinajstić information content (AvgIpc) is 3.03. The van der Waals surface area contributed by atoms with E-state index in [1.807, 2.05) is 42.5 Å². The summed E-state index contributed by atoms with van der Waals surface area (Å²) in [6.07, 6.45) is 3.07. The number of benzene rings is 4. The van der Waals surface area contributed by atoms with Crippen molar-refractivity contribution in [1.29, 1.82) is 0 Å². The molecule has 0 fully saturated rings. The lowest BCUT2D eigenvalue weighted by atomic mass is 9.91. The summed E-state index contributed by atoms with van der Waals surface area (Å²) in [4.78, 5) is 46.0. The van der Waals surface area contributed by atoms with Gasteiger partial charge in [0.25, 0.3) is 0 Å². The molecule has 4 heteroatoms. The Hall–Kier alpha value is -4.18. The van der Waals surface area contributed by atoms with Gasteiger partial charge in [0.1, 0.15) is 0 Å². The van der Waals surface area contributed by atoms with E-state index in [0.29, 0.717) is 16.7 Å². The van der Waals surface area contributed by atoms with Gasteiger partial charge in [-0.05, 0) is 39.9 Å². The third kappa shape index (κ3) is 2.62. The first-order valence-electron chi connectivity index (χ1n) is 9.45. The van der Waals surface area contributed by atoms with Crippen molar-refractivity contribution in [3.8, 4) is 0 Å². The van der Waals surface area contributed by atoms with Gasteiger partial charge in [-0.2, -0.15) is 0 Å². The molecule has 4 nitrogen and oxygen atoms in total. The van der Waals surface area contributed by atoms with Crippen LogP contribution >= 0.6 is 0 Å². The van der Waals surface area contributed by atoms with Crippen LogP contribution in [0, 0.1) is 0 Å². The molecule has 0 aromatic heterocycles. The highest BCUT2D eigenvalue weighted by atomic mass is 16.2. The Kier molecular flexibility index (Phi) is 4.00. The van der Waals surface area contributed by atoms with Gasteiger partial charge in [-0.3, -0.25) is 19.2 Å². The van der Waals surface area contributed by atoms with Crippen LogP contribution in [0.5, 0.6) is 0 Å². The lowest BCUT2D eigenvalue weighted by Gasteiger charge is -2.11. The van der Waals surface area contributed by atoms with Crippen LogP contribution in [0.15, 0.2) is 78.9 Å².